The summed E-state index contributed by atoms with van der Waals surface area (Å²) >= 11 is 0. The van der Waals surface area contributed by atoms with Gasteiger partial charge in [0.05, 0.1) is 11.7 Å². The Morgan fingerprint density at radius 2 is 2.00 bits per heavy atom. The van der Waals surface area contributed by atoms with Crippen LogP contribution >= 0.6 is 0 Å². The van der Waals surface area contributed by atoms with Crippen LogP contribution in [0.2, 0.25) is 0 Å². The van der Waals surface area contributed by atoms with Crippen molar-refractivity contribution in [3.63, 3.8) is 0 Å². The molecular formula is C17H24O7. The molecule has 2 aliphatic carbocycles. The molecule has 0 aromatic heterocycles. The average Bonchev–Trinajstić information content (AvgIpc) is 2.68. The molecule has 1 heterocycles. The monoisotopic (exact) mass is 340 g/mol. The summed E-state index contributed by atoms with van der Waals surface area (Å²) in [6.07, 6.45) is -1.33. The molecule has 3 N–H and O–H groups in total. The summed E-state index contributed by atoms with van der Waals surface area (Å²) in [7, 11) is 0. The second kappa shape index (κ2) is 5.03. The van der Waals surface area contributed by atoms with Gasteiger partial charge in [0.15, 0.2) is 0 Å². The lowest BCUT2D eigenvalue weighted by atomic mass is 9.49. The van der Waals surface area contributed by atoms with Gasteiger partial charge in [0.25, 0.3) is 0 Å². The standard InChI is InChI=1S/C17H24O7/c1-8-12-13(19)15(4)9(2)11(23-10(3)18)5-6-16(15,21)7-17(12,22)24-14(8)20/h9,11,13,19,21-22H,5-7H2,1-4H3/t9-,11-,13+,15-,16-,17-/m0/s1. The fourth-order valence-electron chi connectivity index (χ4n) is 4.80. The van der Waals surface area contributed by atoms with Crippen LogP contribution in [0.15, 0.2) is 11.1 Å². The van der Waals surface area contributed by atoms with E-state index in [2.05, 4.69) is 0 Å². The fraction of sp³-hybridized carbons (Fsp3) is 0.765. The van der Waals surface area contributed by atoms with Crippen molar-refractivity contribution in [2.75, 3.05) is 0 Å². The van der Waals surface area contributed by atoms with Crippen LogP contribution in [0.5, 0.6) is 0 Å². The number of aliphatic hydroxyl groups is 3. The second-order valence-corrected chi connectivity index (χ2v) is 7.58. The lowest BCUT2D eigenvalue weighted by Crippen LogP contribution is -2.70. The smallest absolute Gasteiger partial charge is 0.336 e. The molecule has 2 fully saturated rings. The number of fused-ring (bicyclic) bond motifs is 2. The minimum absolute atomic E-state index is 0.106. The molecule has 24 heavy (non-hydrogen) atoms. The maximum Gasteiger partial charge on any atom is 0.336 e. The van der Waals surface area contributed by atoms with Gasteiger partial charge < -0.3 is 24.8 Å². The lowest BCUT2D eigenvalue weighted by Gasteiger charge is -2.61. The number of carbonyl (C=O) groups is 2. The summed E-state index contributed by atoms with van der Waals surface area (Å²) in [6.45, 7) is 6.32. The van der Waals surface area contributed by atoms with E-state index in [1.165, 1.54) is 13.8 Å². The molecule has 0 unspecified atom stereocenters. The van der Waals surface area contributed by atoms with Crippen LogP contribution in [0.4, 0.5) is 0 Å². The van der Waals surface area contributed by atoms with Crippen molar-refractivity contribution in [1.82, 2.24) is 0 Å². The van der Waals surface area contributed by atoms with Crippen LogP contribution < -0.4 is 0 Å². The summed E-state index contributed by atoms with van der Waals surface area (Å²) in [5.41, 5.74) is -2.28. The Morgan fingerprint density at radius 1 is 1.38 bits per heavy atom. The summed E-state index contributed by atoms with van der Waals surface area (Å²) in [5, 5.41) is 33.0. The quantitative estimate of drug-likeness (QED) is 0.593. The predicted octanol–water partition coefficient (Wildman–Crippen LogP) is 0.412. The summed E-state index contributed by atoms with van der Waals surface area (Å²) < 4.78 is 10.4. The minimum Gasteiger partial charge on any atom is -0.462 e. The molecule has 0 aromatic rings. The van der Waals surface area contributed by atoms with Crippen molar-refractivity contribution in [3.05, 3.63) is 11.1 Å². The van der Waals surface area contributed by atoms with E-state index in [1.807, 2.05) is 0 Å². The van der Waals surface area contributed by atoms with Crippen LogP contribution in [-0.4, -0.2) is 50.9 Å². The molecule has 2 saturated carbocycles. The van der Waals surface area contributed by atoms with Gasteiger partial charge in [0.1, 0.15) is 6.10 Å². The molecule has 3 aliphatic rings. The normalized spacial score (nSPS) is 47.8. The van der Waals surface area contributed by atoms with Gasteiger partial charge in [-0.05, 0) is 19.8 Å². The summed E-state index contributed by atoms with van der Waals surface area (Å²) in [4.78, 5) is 23.2. The zero-order valence-electron chi connectivity index (χ0n) is 14.3. The Morgan fingerprint density at radius 3 is 2.58 bits per heavy atom. The number of hydrogen-bond donors (Lipinski definition) is 3. The van der Waals surface area contributed by atoms with Crippen molar-refractivity contribution in [2.45, 2.75) is 70.6 Å². The Hall–Kier alpha value is -1.44. The number of ether oxygens (including phenoxy) is 2. The molecule has 0 aromatic carbocycles. The third kappa shape index (κ3) is 2.01. The largest absolute Gasteiger partial charge is 0.462 e. The molecule has 7 nitrogen and oxygen atoms in total. The van der Waals surface area contributed by atoms with Crippen molar-refractivity contribution >= 4 is 11.9 Å². The molecule has 7 heteroatoms. The van der Waals surface area contributed by atoms with Gasteiger partial charge in [-0.15, -0.1) is 0 Å². The van der Waals surface area contributed by atoms with E-state index in [0.717, 1.165) is 0 Å². The van der Waals surface area contributed by atoms with Crippen LogP contribution in [-0.2, 0) is 19.1 Å². The second-order valence-electron chi connectivity index (χ2n) is 7.58. The highest BCUT2D eigenvalue weighted by Crippen LogP contribution is 2.61. The number of rotatable bonds is 1. The van der Waals surface area contributed by atoms with Crippen LogP contribution in [0.25, 0.3) is 0 Å². The summed E-state index contributed by atoms with van der Waals surface area (Å²) in [6, 6.07) is 0. The van der Waals surface area contributed by atoms with E-state index in [0.29, 0.717) is 6.42 Å². The van der Waals surface area contributed by atoms with Gasteiger partial charge in [0, 0.05) is 35.8 Å². The summed E-state index contributed by atoms with van der Waals surface area (Å²) in [5.74, 6) is -3.47. The zero-order valence-corrected chi connectivity index (χ0v) is 14.3. The van der Waals surface area contributed by atoms with Gasteiger partial charge in [-0.1, -0.05) is 13.8 Å². The predicted molar refractivity (Wildman–Crippen MR) is 81.4 cm³/mol. The first-order chi connectivity index (χ1) is 11.0. The van der Waals surface area contributed by atoms with Gasteiger partial charge >= 0.3 is 11.9 Å². The van der Waals surface area contributed by atoms with E-state index in [4.69, 9.17) is 9.47 Å². The van der Waals surface area contributed by atoms with Crippen LogP contribution in [0, 0.1) is 11.3 Å². The van der Waals surface area contributed by atoms with Gasteiger partial charge in [-0.3, -0.25) is 4.79 Å². The van der Waals surface area contributed by atoms with E-state index in [1.54, 1.807) is 13.8 Å². The lowest BCUT2D eigenvalue weighted by molar-refractivity contribution is -0.283. The van der Waals surface area contributed by atoms with E-state index >= 15 is 0 Å². The molecule has 1 aliphatic heterocycles. The minimum atomic E-state index is -1.98. The SMILES string of the molecule is CC(=O)O[C@H]1CC[C@]2(O)C[C@]3(O)OC(=O)C(C)=C3[C@@H](O)[C@]2(C)[C@H]1C. The molecule has 3 rings (SSSR count). The molecule has 0 saturated heterocycles. The molecular weight excluding hydrogens is 316 g/mol. The Bertz CT molecular complexity index is 641. The van der Waals surface area contributed by atoms with Gasteiger partial charge in [-0.2, -0.15) is 0 Å². The van der Waals surface area contributed by atoms with E-state index < -0.39 is 40.9 Å². The van der Waals surface area contributed by atoms with Crippen molar-refractivity contribution < 1.29 is 34.4 Å². The first-order valence-corrected chi connectivity index (χ1v) is 8.21. The maximum absolute atomic E-state index is 11.9. The van der Waals surface area contributed by atoms with Gasteiger partial charge in [0.2, 0.25) is 5.79 Å². The van der Waals surface area contributed by atoms with Crippen molar-refractivity contribution in [1.29, 1.82) is 0 Å². The fourth-order valence-corrected chi connectivity index (χ4v) is 4.80. The van der Waals surface area contributed by atoms with Crippen LogP contribution in [0.1, 0.15) is 47.0 Å². The third-order valence-electron chi connectivity index (χ3n) is 6.43. The number of esters is 2. The van der Waals surface area contributed by atoms with Crippen molar-refractivity contribution in [2.24, 2.45) is 11.3 Å². The number of aliphatic hydroxyl groups excluding tert-OH is 1. The highest BCUT2D eigenvalue weighted by atomic mass is 16.7. The van der Waals surface area contributed by atoms with Crippen molar-refractivity contribution in [3.8, 4) is 0 Å². The highest BCUT2D eigenvalue weighted by molar-refractivity contribution is 5.92. The highest BCUT2D eigenvalue weighted by Gasteiger charge is 2.70. The van der Waals surface area contributed by atoms with E-state index in [-0.39, 0.29) is 29.9 Å². The molecule has 6 atom stereocenters. The Balaban J connectivity index is 2.08. The zero-order chi connectivity index (χ0) is 18.1. The molecule has 134 valence electrons. The number of carbonyl (C=O) groups excluding carboxylic acids is 2. The Labute approximate surface area is 140 Å². The molecule has 0 radical (unpaired) electrons. The first-order valence-electron chi connectivity index (χ1n) is 8.21. The van der Waals surface area contributed by atoms with E-state index in [9.17, 15) is 24.9 Å². The Kier molecular flexibility index (Phi) is 3.64. The van der Waals surface area contributed by atoms with Gasteiger partial charge in [-0.25, -0.2) is 4.79 Å². The molecule has 0 bridgehead atoms. The first kappa shape index (κ1) is 17.4. The maximum atomic E-state index is 11.9. The topological polar surface area (TPSA) is 113 Å². The number of hydrogen-bond acceptors (Lipinski definition) is 7. The average molecular weight is 340 g/mol. The van der Waals surface area contributed by atoms with Crippen LogP contribution in [0.3, 0.4) is 0 Å². The molecule has 0 amide bonds. The molecule has 0 spiro atoms. The third-order valence-corrected chi connectivity index (χ3v) is 6.43.